The summed E-state index contributed by atoms with van der Waals surface area (Å²) in [6.45, 7) is 1.57. The first kappa shape index (κ1) is 21.9. The fourth-order valence-corrected chi connectivity index (χ4v) is 5.98. The molecule has 0 aromatic heterocycles. The molecule has 5 N–H and O–H groups in total. The monoisotopic (exact) mass is 445 g/mol. The first-order valence-corrected chi connectivity index (χ1v) is 11.1. The quantitative estimate of drug-likeness (QED) is 0.465. The molecule has 0 bridgehead atoms. The van der Waals surface area contributed by atoms with Crippen LogP contribution in [0, 0.1) is 5.92 Å². The van der Waals surface area contributed by atoms with Crippen molar-refractivity contribution in [3.63, 3.8) is 0 Å². The Balaban J connectivity index is 1.51. The van der Waals surface area contributed by atoms with Crippen LogP contribution in [0.15, 0.2) is 38.8 Å². The first-order valence-electron chi connectivity index (χ1n) is 11.1. The standard InChI is InChI=1S/C22H31N5O5/c1-20(18(31-2)16(29)15(10-28)32-20)27-12-25-17-19(27)24-11-26-22(17,23)21(30)9-5-7-13-6-3-4-8-14(13)21/h3-4,8,11,13,15-16,18,28-30H,5-7,9-10,12,23H2,1-2H3/t13?,15-,16-,18-,20-,21?,22?/m1/s1. The number of fused-ring (bicyclic) bond motifs is 2. The molecular weight excluding hydrogens is 414 g/mol. The minimum absolute atomic E-state index is 0.149. The molecule has 3 heterocycles. The number of nitrogens with zero attached hydrogens (tertiary/aromatic N) is 4. The molecule has 10 heteroatoms. The number of ether oxygens (including phenoxy) is 2. The highest BCUT2D eigenvalue weighted by Crippen LogP contribution is 2.48. The molecule has 1 saturated heterocycles. The third kappa shape index (κ3) is 2.77. The van der Waals surface area contributed by atoms with Crippen LogP contribution in [-0.2, 0) is 9.47 Å². The van der Waals surface area contributed by atoms with Gasteiger partial charge >= 0.3 is 0 Å². The summed E-state index contributed by atoms with van der Waals surface area (Å²) in [7, 11) is 1.48. The van der Waals surface area contributed by atoms with Crippen LogP contribution in [0.1, 0.15) is 32.6 Å². The Morgan fingerprint density at radius 3 is 2.97 bits per heavy atom. The van der Waals surface area contributed by atoms with E-state index < -0.39 is 35.3 Å². The van der Waals surface area contributed by atoms with Crippen LogP contribution < -0.4 is 5.73 Å². The SMILES string of the molecule is CO[C@@H]1[C@H](O)[C@@H](CO)O[C@@]1(C)N1CN=C2C1=NC=NC2(N)C1(O)CCCC2CC=CC=C21. The molecule has 0 aromatic rings. The molecule has 1 saturated carbocycles. The fourth-order valence-electron chi connectivity index (χ4n) is 5.98. The van der Waals surface area contributed by atoms with Crippen molar-refractivity contribution in [2.45, 2.75) is 67.9 Å². The zero-order valence-electron chi connectivity index (χ0n) is 18.4. The van der Waals surface area contributed by atoms with Gasteiger partial charge in [-0.25, -0.2) is 9.98 Å². The zero-order valence-corrected chi connectivity index (χ0v) is 18.4. The molecule has 5 rings (SSSR count). The Bertz CT molecular complexity index is 947. The van der Waals surface area contributed by atoms with Gasteiger partial charge in [-0.15, -0.1) is 0 Å². The zero-order chi connectivity index (χ0) is 22.7. The van der Waals surface area contributed by atoms with E-state index in [1.54, 1.807) is 11.8 Å². The van der Waals surface area contributed by atoms with Gasteiger partial charge < -0.3 is 29.7 Å². The molecule has 0 aromatic carbocycles. The largest absolute Gasteiger partial charge is 0.394 e. The van der Waals surface area contributed by atoms with Gasteiger partial charge in [0.1, 0.15) is 42.6 Å². The van der Waals surface area contributed by atoms with Crippen LogP contribution in [0.25, 0.3) is 0 Å². The lowest BCUT2D eigenvalue weighted by molar-refractivity contribution is -0.154. The van der Waals surface area contributed by atoms with Gasteiger partial charge in [0.2, 0.25) is 0 Å². The lowest BCUT2D eigenvalue weighted by atomic mass is 9.64. The topological polar surface area (TPSA) is 145 Å². The van der Waals surface area contributed by atoms with Gasteiger partial charge in [0.15, 0.2) is 17.2 Å². The van der Waals surface area contributed by atoms with Crippen LogP contribution in [0.2, 0.25) is 0 Å². The van der Waals surface area contributed by atoms with Crippen molar-refractivity contribution in [2.75, 3.05) is 20.4 Å². The van der Waals surface area contributed by atoms with Crippen LogP contribution in [0.5, 0.6) is 0 Å². The third-order valence-electron chi connectivity index (χ3n) is 7.69. The summed E-state index contributed by atoms with van der Waals surface area (Å²) < 4.78 is 11.6. The van der Waals surface area contributed by atoms with Gasteiger partial charge in [0.05, 0.1) is 6.61 Å². The second-order valence-electron chi connectivity index (χ2n) is 9.32. The smallest absolute Gasteiger partial charge is 0.188 e. The molecule has 0 spiro atoms. The van der Waals surface area contributed by atoms with Gasteiger partial charge in [-0.3, -0.25) is 10.7 Å². The number of aliphatic hydroxyl groups is 3. The second-order valence-corrected chi connectivity index (χ2v) is 9.32. The maximum absolute atomic E-state index is 12.0. The molecule has 3 unspecified atom stereocenters. The average molecular weight is 446 g/mol. The number of hydrogen-bond acceptors (Lipinski definition) is 10. The van der Waals surface area contributed by atoms with E-state index in [4.69, 9.17) is 15.2 Å². The first-order chi connectivity index (χ1) is 15.3. The van der Waals surface area contributed by atoms with Gasteiger partial charge in [-0.05, 0) is 44.1 Å². The number of methoxy groups -OCH3 is 1. The highest BCUT2D eigenvalue weighted by molar-refractivity contribution is 6.48. The van der Waals surface area contributed by atoms with E-state index in [2.05, 4.69) is 21.1 Å². The Labute approximate surface area is 186 Å². The molecule has 3 aliphatic heterocycles. The molecule has 7 atom stereocenters. The molecule has 32 heavy (non-hydrogen) atoms. The van der Waals surface area contributed by atoms with Gasteiger partial charge in [0.25, 0.3) is 0 Å². The lowest BCUT2D eigenvalue weighted by Gasteiger charge is -2.50. The lowest BCUT2D eigenvalue weighted by Crippen LogP contribution is -2.70. The van der Waals surface area contributed by atoms with E-state index in [1.165, 1.54) is 13.4 Å². The fraction of sp³-hybridized carbons (Fsp3) is 0.682. The number of hydrogen-bond donors (Lipinski definition) is 4. The molecule has 2 aliphatic carbocycles. The predicted octanol–water partition coefficient (Wildman–Crippen LogP) is -0.303. The molecular formula is C22H31N5O5. The molecule has 0 amide bonds. The van der Waals surface area contributed by atoms with E-state index >= 15 is 0 Å². The summed E-state index contributed by atoms with van der Waals surface area (Å²) in [5.41, 5.74) is 4.14. The minimum Gasteiger partial charge on any atom is -0.394 e. The number of aliphatic hydroxyl groups excluding tert-OH is 2. The van der Waals surface area contributed by atoms with Crippen LogP contribution in [-0.4, -0.2) is 93.8 Å². The van der Waals surface area contributed by atoms with E-state index in [-0.39, 0.29) is 19.2 Å². The molecule has 0 radical (unpaired) electrons. The number of nitrogens with two attached hydrogens (primary N) is 1. The van der Waals surface area contributed by atoms with Crippen molar-refractivity contribution in [3.8, 4) is 0 Å². The van der Waals surface area contributed by atoms with Crippen molar-refractivity contribution in [1.29, 1.82) is 0 Å². The summed E-state index contributed by atoms with van der Waals surface area (Å²) in [6, 6.07) is 0. The molecule has 5 aliphatic rings. The number of allylic oxidation sites excluding steroid dienone is 3. The van der Waals surface area contributed by atoms with Crippen molar-refractivity contribution < 1.29 is 24.8 Å². The van der Waals surface area contributed by atoms with Gasteiger partial charge in [-0.1, -0.05) is 18.2 Å². The second kappa shape index (κ2) is 7.54. The highest BCUT2D eigenvalue weighted by Gasteiger charge is 2.63. The predicted molar refractivity (Wildman–Crippen MR) is 118 cm³/mol. The maximum Gasteiger partial charge on any atom is 0.188 e. The molecule has 10 nitrogen and oxygen atoms in total. The van der Waals surface area contributed by atoms with E-state index in [1.807, 2.05) is 12.2 Å². The highest BCUT2D eigenvalue weighted by atomic mass is 16.6. The molecule has 174 valence electrons. The van der Waals surface area contributed by atoms with Crippen molar-refractivity contribution in [3.05, 3.63) is 23.8 Å². The summed E-state index contributed by atoms with van der Waals surface area (Å²) in [5, 5.41) is 32.3. The Morgan fingerprint density at radius 1 is 1.41 bits per heavy atom. The minimum atomic E-state index is -1.50. The van der Waals surface area contributed by atoms with Crippen molar-refractivity contribution >= 4 is 17.9 Å². The normalized spacial score (nSPS) is 45.3. The van der Waals surface area contributed by atoms with Crippen LogP contribution >= 0.6 is 0 Å². The van der Waals surface area contributed by atoms with Crippen LogP contribution in [0.3, 0.4) is 0 Å². The number of aliphatic imine (C=N–C) groups is 3. The number of amidine groups is 1. The van der Waals surface area contributed by atoms with E-state index in [0.29, 0.717) is 18.0 Å². The maximum atomic E-state index is 12.0. The summed E-state index contributed by atoms with van der Waals surface area (Å²) >= 11 is 0. The van der Waals surface area contributed by atoms with Gasteiger partial charge in [-0.2, -0.15) is 0 Å². The third-order valence-corrected chi connectivity index (χ3v) is 7.69. The Hall–Kier alpha value is -1.95. The molecule has 2 fully saturated rings. The summed E-state index contributed by atoms with van der Waals surface area (Å²) in [4.78, 5) is 15.4. The van der Waals surface area contributed by atoms with Gasteiger partial charge in [0, 0.05) is 7.11 Å². The van der Waals surface area contributed by atoms with Crippen molar-refractivity contribution in [2.24, 2.45) is 26.6 Å². The van der Waals surface area contributed by atoms with E-state index in [0.717, 1.165) is 24.8 Å². The van der Waals surface area contributed by atoms with E-state index in [9.17, 15) is 15.3 Å². The van der Waals surface area contributed by atoms with Crippen molar-refractivity contribution in [1.82, 2.24) is 4.90 Å². The van der Waals surface area contributed by atoms with Crippen LogP contribution in [0.4, 0.5) is 0 Å². The number of rotatable bonds is 4. The average Bonchev–Trinajstić information content (AvgIpc) is 3.34. The summed E-state index contributed by atoms with van der Waals surface area (Å²) in [5.74, 6) is 0.657. The summed E-state index contributed by atoms with van der Waals surface area (Å²) in [6.07, 6.45) is 7.99. The Morgan fingerprint density at radius 2 is 2.22 bits per heavy atom. The Kier molecular flexibility index (Phi) is 5.16.